The molecule has 1 heterocycles. The zero-order valence-electron chi connectivity index (χ0n) is 7.88. The van der Waals surface area contributed by atoms with Crippen LogP contribution in [0.15, 0.2) is 18.2 Å². The maximum Gasteiger partial charge on any atom is 0.155 e. The molecule has 2 rings (SSSR count). The van der Waals surface area contributed by atoms with E-state index in [1.807, 2.05) is 0 Å². The van der Waals surface area contributed by atoms with Crippen molar-refractivity contribution in [3.8, 4) is 0 Å². The van der Waals surface area contributed by atoms with Crippen LogP contribution < -0.4 is 0 Å². The van der Waals surface area contributed by atoms with Crippen molar-refractivity contribution < 1.29 is 14.0 Å². The van der Waals surface area contributed by atoms with Crippen molar-refractivity contribution in [1.82, 2.24) is 5.06 Å². The van der Waals surface area contributed by atoms with Crippen LogP contribution in [0.4, 0.5) is 8.78 Å². The van der Waals surface area contributed by atoms with Crippen molar-refractivity contribution in [1.29, 1.82) is 0 Å². The number of hydrogen-bond donors (Lipinski definition) is 1. The predicted molar refractivity (Wildman–Crippen MR) is 52.2 cm³/mol. The highest BCUT2D eigenvalue weighted by Gasteiger charge is 2.41. The van der Waals surface area contributed by atoms with E-state index in [0.717, 1.165) is 5.06 Å². The Kier molecular flexibility index (Phi) is 2.66. The minimum atomic E-state index is -1.84. The molecule has 1 aliphatic heterocycles. The highest BCUT2D eigenvalue weighted by Crippen LogP contribution is 2.38. The van der Waals surface area contributed by atoms with Crippen molar-refractivity contribution in [3.63, 3.8) is 0 Å². The first kappa shape index (κ1) is 10.8. The van der Waals surface area contributed by atoms with Crippen molar-refractivity contribution in [2.45, 2.75) is 12.1 Å². The highest BCUT2D eigenvalue weighted by molar-refractivity contribution is 6.30. The van der Waals surface area contributed by atoms with Gasteiger partial charge in [0.1, 0.15) is 5.82 Å². The summed E-state index contributed by atoms with van der Waals surface area (Å²) in [4.78, 5) is 0. The normalized spacial score (nSPS) is 27.2. The lowest BCUT2D eigenvalue weighted by molar-refractivity contribution is -0.0807. The smallest absolute Gasteiger partial charge is 0.155 e. The average Bonchev–Trinajstić information content (AvgIpc) is 2.52. The van der Waals surface area contributed by atoms with Gasteiger partial charge in [0.15, 0.2) is 5.67 Å². The van der Waals surface area contributed by atoms with E-state index in [1.165, 1.54) is 18.2 Å². The zero-order chi connectivity index (χ0) is 11.1. The van der Waals surface area contributed by atoms with Gasteiger partial charge in [-0.2, -0.15) is 5.06 Å². The number of nitrogens with zero attached hydrogens (tertiary/aromatic N) is 1. The van der Waals surface area contributed by atoms with E-state index in [1.54, 1.807) is 0 Å². The van der Waals surface area contributed by atoms with Crippen LogP contribution in [-0.4, -0.2) is 23.4 Å². The Morgan fingerprint density at radius 2 is 2.20 bits per heavy atom. The maximum atomic E-state index is 14.2. The molecule has 1 aliphatic rings. The summed E-state index contributed by atoms with van der Waals surface area (Å²) in [5.41, 5.74) is -1.92. The minimum Gasteiger partial charge on any atom is -0.314 e. The molecule has 0 aromatic heterocycles. The first-order chi connectivity index (χ1) is 7.03. The third kappa shape index (κ3) is 1.85. The molecule has 1 aromatic rings. The standard InChI is InChI=1S/C10H10ClF2NO/c11-8-3-1-2-7(9(8)12)10(13)4-5-14(15)6-10/h1-3,15H,4-6H2. The van der Waals surface area contributed by atoms with Crippen molar-refractivity contribution in [2.75, 3.05) is 13.1 Å². The third-order valence-corrected chi connectivity index (χ3v) is 2.93. The topological polar surface area (TPSA) is 23.5 Å². The molecule has 1 fully saturated rings. The summed E-state index contributed by atoms with van der Waals surface area (Å²) in [6.07, 6.45) is 0.0702. The Bertz CT molecular complexity index is 388. The summed E-state index contributed by atoms with van der Waals surface area (Å²) >= 11 is 5.57. The van der Waals surface area contributed by atoms with Gasteiger partial charge in [0, 0.05) is 18.5 Å². The van der Waals surface area contributed by atoms with Gasteiger partial charge in [0.05, 0.1) is 11.6 Å². The van der Waals surface area contributed by atoms with E-state index in [-0.39, 0.29) is 30.1 Å². The zero-order valence-corrected chi connectivity index (χ0v) is 8.64. The molecule has 5 heteroatoms. The number of rotatable bonds is 1. The Labute approximate surface area is 91.0 Å². The number of alkyl halides is 1. The molecular weight excluding hydrogens is 224 g/mol. The van der Waals surface area contributed by atoms with Crippen LogP contribution in [0, 0.1) is 5.82 Å². The van der Waals surface area contributed by atoms with E-state index in [2.05, 4.69) is 0 Å². The van der Waals surface area contributed by atoms with E-state index in [0.29, 0.717) is 0 Å². The molecule has 0 amide bonds. The third-order valence-electron chi connectivity index (χ3n) is 2.63. The van der Waals surface area contributed by atoms with E-state index < -0.39 is 11.5 Å². The quantitative estimate of drug-likeness (QED) is 0.806. The molecule has 0 radical (unpaired) electrons. The number of hydrogen-bond acceptors (Lipinski definition) is 2. The van der Waals surface area contributed by atoms with Crippen LogP contribution in [0.1, 0.15) is 12.0 Å². The Morgan fingerprint density at radius 3 is 2.80 bits per heavy atom. The number of hydroxylamine groups is 2. The molecular formula is C10H10ClF2NO. The summed E-state index contributed by atoms with van der Waals surface area (Å²) in [6, 6.07) is 4.23. The lowest BCUT2D eigenvalue weighted by Gasteiger charge is -2.20. The van der Waals surface area contributed by atoms with Crippen molar-refractivity contribution in [2.24, 2.45) is 0 Å². The molecule has 0 saturated carbocycles. The van der Waals surface area contributed by atoms with Gasteiger partial charge >= 0.3 is 0 Å². The first-order valence-electron chi connectivity index (χ1n) is 4.60. The van der Waals surface area contributed by atoms with Crippen LogP contribution >= 0.6 is 11.6 Å². The predicted octanol–water partition coefficient (Wildman–Crippen LogP) is 2.74. The second kappa shape index (κ2) is 3.70. The summed E-state index contributed by atoms with van der Waals surface area (Å²) in [5.74, 6) is -0.739. The molecule has 0 bridgehead atoms. The largest absolute Gasteiger partial charge is 0.314 e. The van der Waals surface area contributed by atoms with Gasteiger partial charge in [-0.05, 0) is 6.07 Å². The molecule has 1 unspecified atom stereocenters. The lowest BCUT2D eigenvalue weighted by atomic mass is 9.94. The molecule has 1 N–H and O–H groups in total. The molecule has 0 aliphatic carbocycles. The molecule has 1 aromatic carbocycles. The van der Waals surface area contributed by atoms with Gasteiger partial charge in [0.25, 0.3) is 0 Å². The van der Waals surface area contributed by atoms with Gasteiger partial charge in [-0.3, -0.25) is 0 Å². The number of halogens is 3. The highest BCUT2D eigenvalue weighted by atomic mass is 35.5. The van der Waals surface area contributed by atoms with Gasteiger partial charge in [0.2, 0.25) is 0 Å². The summed E-state index contributed by atoms with van der Waals surface area (Å²) in [7, 11) is 0. The van der Waals surface area contributed by atoms with Crippen LogP contribution in [0.25, 0.3) is 0 Å². The molecule has 1 atom stereocenters. The van der Waals surface area contributed by atoms with Crippen molar-refractivity contribution in [3.05, 3.63) is 34.6 Å². The minimum absolute atomic E-state index is 0.0702. The fourth-order valence-corrected chi connectivity index (χ4v) is 2.00. The van der Waals surface area contributed by atoms with E-state index in [4.69, 9.17) is 16.8 Å². The average molecular weight is 234 g/mol. The van der Waals surface area contributed by atoms with Crippen molar-refractivity contribution >= 4 is 11.6 Å². The second-order valence-corrected chi connectivity index (χ2v) is 4.11. The monoisotopic (exact) mass is 233 g/mol. The van der Waals surface area contributed by atoms with E-state index in [9.17, 15) is 8.78 Å². The fraction of sp³-hybridized carbons (Fsp3) is 0.400. The summed E-state index contributed by atoms with van der Waals surface area (Å²) < 4.78 is 27.8. The SMILES string of the molecule is ON1CCC(F)(c2cccc(Cl)c2F)C1. The Morgan fingerprint density at radius 1 is 1.47 bits per heavy atom. The lowest BCUT2D eigenvalue weighted by Crippen LogP contribution is -2.26. The second-order valence-electron chi connectivity index (χ2n) is 3.70. The van der Waals surface area contributed by atoms with E-state index >= 15 is 0 Å². The van der Waals surface area contributed by atoms with Gasteiger partial charge in [-0.1, -0.05) is 23.7 Å². The van der Waals surface area contributed by atoms with Gasteiger partial charge in [-0.25, -0.2) is 8.78 Å². The van der Waals surface area contributed by atoms with Gasteiger partial charge in [-0.15, -0.1) is 0 Å². The van der Waals surface area contributed by atoms with Crippen LogP contribution in [-0.2, 0) is 5.67 Å². The maximum absolute atomic E-state index is 14.2. The Balaban J connectivity index is 2.41. The first-order valence-corrected chi connectivity index (χ1v) is 4.98. The molecule has 82 valence electrons. The Hall–Kier alpha value is -0.710. The van der Waals surface area contributed by atoms with Crippen LogP contribution in [0.5, 0.6) is 0 Å². The summed E-state index contributed by atoms with van der Waals surface area (Å²) in [5, 5.41) is 9.88. The van der Waals surface area contributed by atoms with Gasteiger partial charge < -0.3 is 5.21 Å². The molecule has 15 heavy (non-hydrogen) atoms. The molecule has 2 nitrogen and oxygen atoms in total. The fourth-order valence-electron chi connectivity index (χ4n) is 1.82. The molecule has 0 spiro atoms. The summed E-state index contributed by atoms with van der Waals surface area (Å²) in [6.45, 7) is -0.0211. The van der Waals surface area contributed by atoms with Crippen LogP contribution in [0.2, 0.25) is 5.02 Å². The number of benzene rings is 1. The molecule has 1 saturated heterocycles. The van der Waals surface area contributed by atoms with Crippen LogP contribution in [0.3, 0.4) is 0 Å².